The van der Waals surface area contributed by atoms with Gasteiger partial charge in [-0.2, -0.15) is 13.2 Å². The van der Waals surface area contributed by atoms with Crippen molar-refractivity contribution < 1.29 is 27.8 Å². The van der Waals surface area contributed by atoms with E-state index in [1.165, 1.54) is 0 Å². The third-order valence-corrected chi connectivity index (χ3v) is 3.38. The molecule has 0 aliphatic carbocycles. The van der Waals surface area contributed by atoms with E-state index in [2.05, 4.69) is 0 Å². The van der Waals surface area contributed by atoms with Crippen LogP contribution in [0.2, 0.25) is 0 Å². The molecule has 0 bridgehead atoms. The van der Waals surface area contributed by atoms with Crippen molar-refractivity contribution in [1.29, 1.82) is 0 Å². The Morgan fingerprint density at radius 2 is 2.06 bits per heavy atom. The van der Waals surface area contributed by atoms with Gasteiger partial charge in [0.05, 0.1) is 12.2 Å². The fourth-order valence-electron chi connectivity index (χ4n) is 2.47. The number of rotatable bonds is 1. The zero-order valence-electron chi connectivity index (χ0n) is 8.79. The molecule has 2 heterocycles. The molecular weight excluding hydrogens is 225 g/mol. The molecule has 2 aliphatic heterocycles. The van der Waals surface area contributed by atoms with Crippen molar-refractivity contribution in [3.05, 3.63) is 0 Å². The van der Waals surface area contributed by atoms with Crippen LogP contribution in [-0.2, 0) is 9.47 Å². The highest BCUT2D eigenvalue weighted by Crippen LogP contribution is 2.40. The van der Waals surface area contributed by atoms with Crippen molar-refractivity contribution in [2.45, 2.75) is 37.1 Å². The Morgan fingerprint density at radius 3 is 2.62 bits per heavy atom. The molecule has 2 rings (SSSR count). The first kappa shape index (κ1) is 12.1. The Morgan fingerprint density at radius 1 is 1.31 bits per heavy atom. The van der Waals surface area contributed by atoms with Crippen LogP contribution in [0.15, 0.2) is 0 Å². The van der Waals surface area contributed by atoms with Gasteiger partial charge < -0.3 is 14.6 Å². The molecule has 2 aliphatic rings. The van der Waals surface area contributed by atoms with Crippen LogP contribution >= 0.6 is 0 Å². The fraction of sp³-hybridized carbons (Fsp3) is 1.00. The predicted octanol–water partition coefficient (Wildman–Crippen LogP) is 1.50. The standard InChI is InChI=1S/C10H15F3O3/c11-10(12,13)8(14)7-1-3-16-9(5-7)2-4-15-6-9/h7-8,14H,1-6H2/t7?,8-,9?/m0/s1. The van der Waals surface area contributed by atoms with Crippen molar-refractivity contribution in [1.82, 2.24) is 0 Å². The molecular formula is C10H15F3O3. The summed E-state index contributed by atoms with van der Waals surface area (Å²) in [6.07, 6.45) is -5.68. The number of hydrogen-bond acceptors (Lipinski definition) is 3. The van der Waals surface area contributed by atoms with Crippen molar-refractivity contribution in [3.8, 4) is 0 Å². The second kappa shape index (κ2) is 4.16. The van der Waals surface area contributed by atoms with Crippen LogP contribution in [0.1, 0.15) is 19.3 Å². The molecule has 0 aromatic carbocycles. The molecule has 0 amide bonds. The minimum absolute atomic E-state index is 0.230. The minimum Gasteiger partial charge on any atom is -0.383 e. The number of ether oxygens (including phenoxy) is 2. The summed E-state index contributed by atoms with van der Waals surface area (Å²) < 4.78 is 47.8. The summed E-state index contributed by atoms with van der Waals surface area (Å²) in [4.78, 5) is 0. The molecule has 3 nitrogen and oxygen atoms in total. The number of hydrogen-bond donors (Lipinski definition) is 1. The Labute approximate surface area is 91.5 Å². The fourth-order valence-corrected chi connectivity index (χ4v) is 2.47. The van der Waals surface area contributed by atoms with E-state index in [1.54, 1.807) is 0 Å². The molecule has 3 atom stereocenters. The van der Waals surface area contributed by atoms with E-state index in [-0.39, 0.29) is 19.4 Å². The summed E-state index contributed by atoms with van der Waals surface area (Å²) in [6, 6.07) is 0. The molecule has 6 heteroatoms. The maximum Gasteiger partial charge on any atom is 0.414 e. The van der Waals surface area contributed by atoms with Gasteiger partial charge in [-0.15, -0.1) is 0 Å². The van der Waals surface area contributed by atoms with Crippen LogP contribution in [0.4, 0.5) is 13.2 Å². The minimum atomic E-state index is -4.54. The summed E-state index contributed by atoms with van der Waals surface area (Å²) in [5.74, 6) is -0.768. The summed E-state index contributed by atoms with van der Waals surface area (Å²) >= 11 is 0. The molecule has 0 saturated carbocycles. The first-order valence-electron chi connectivity index (χ1n) is 5.39. The smallest absolute Gasteiger partial charge is 0.383 e. The van der Waals surface area contributed by atoms with E-state index in [0.29, 0.717) is 19.6 Å². The number of halogens is 3. The summed E-state index contributed by atoms with van der Waals surface area (Å²) in [5, 5.41) is 9.23. The van der Waals surface area contributed by atoms with Gasteiger partial charge in [-0.05, 0) is 18.8 Å². The topological polar surface area (TPSA) is 38.7 Å². The van der Waals surface area contributed by atoms with Crippen LogP contribution < -0.4 is 0 Å². The molecule has 1 N–H and O–H groups in total. The molecule has 2 fully saturated rings. The number of alkyl halides is 3. The normalized spacial score (nSPS) is 37.9. The van der Waals surface area contributed by atoms with Gasteiger partial charge in [0.1, 0.15) is 0 Å². The molecule has 2 unspecified atom stereocenters. The monoisotopic (exact) mass is 240 g/mol. The quantitative estimate of drug-likeness (QED) is 0.754. The van der Waals surface area contributed by atoms with Crippen LogP contribution in [0, 0.1) is 5.92 Å². The zero-order chi connectivity index (χ0) is 11.8. The van der Waals surface area contributed by atoms with Gasteiger partial charge in [0.25, 0.3) is 0 Å². The average molecular weight is 240 g/mol. The van der Waals surface area contributed by atoms with Gasteiger partial charge >= 0.3 is 6.18 Å². The van der Waals surface area contributed by atoms with Crippen LogP contribution in [0.25, 0.3) is 0 Å². The van der Waals surface area contributed by atoms with Crippen molar-refractivity contribution in [2.75, 3.05) is 19.8 Å². The molecule has 94 valence electrons. The largest absolute Gasteiger partial charge is 0.414 e. The highest BCUT2D eigenvalue weighted by atomic mass is 19.4. The molecule has 0 aromatic heterocycles. The lowest BCUT2D eigenvalue weighted by molar-refractivity contribution is -0.235. The second-order valence-electron chi connectivity index (χ2n) is 4.57. The maximum atomic E-state index is 12.4. The number of aliphatic hydroxyl groups is 1. The van der Waals surface area contributed by atoms with Crippen LogP contribution in [0.3, 0.4) is 0 Å². The van der Waals surface area contributed by atoms with E-state index in [1.807, 2.05) is 0 Å². The van der Waals surface area contributed by atoms with Crippen LogP contribution in [0.5, 0.6) is 0 Å². The van der Waals surface area contributed by atoms with Gasteiger partial charge in [0.2, 0.25) is 0 Å². The lowest BCUT2D eigenvalue weighted by Crippen LogP contribution is -2.47. The highest BCUT2D eigenvalue weighted by molar-refractivity contribution is 4.93. The first-order valence-corrected chi connectivity index (χ1v) is 5.39. The van der Waals surface area contributed by atoms with Gasteiger partial charge in [0.15, 0.2) is 6.10 Å². The van der Waals surface area contributed by atoms with Crippen molar-refractivity contribution in [3.63, 3.8) is 0 Å². The van der Waals surface area contributed by atoms with Gasteiger partial charge in [-0.3, -0.25) is 0 Å². The van der Waals surface area contributed by atoms with E-state index in [0.717, 1.165) is 0 Å². The van der Waals surface area contributed by atoms with Crippen molar-refractivity contribution >= 4 is 0 Å². The average Bonchev–Trinajstić information content (AvgIpc) is 2.64. The molecule has 16 heavy (non-hydrogen) atoms. The third kappa shape index (κ3) is 2.33. The summed E-state index contributed by atoms with van der Waals surface area (Å²) in [5.41, 5.74) is -0.588. The Kier molecular flexibility index (Phi) is 3.16. The first-order chi connectivity index (χ1) is 7.43. The lowest BCUT2D eigenvalue weighted by atomic mass is 9.82. The van der Waals surface area contributed by atoms with E-state index in [9.17, 15) is 18.3 Å². The summed E-state index contributed by atoms with van der Waals surface area (Å²) in [7, 11) is 0. The SMILES string of the molecule is O[C@@H](C1CCOC2(CCOC2)C1)C(F)(F)F. The number of aliphatic hydroxyl groups excluding tert-OH is 1. The highest BCUT2D eigenvalue weighted by Gasteiger charge is 2.49. The Hall–Kier alpha value is -0.330. The third-order valence-electron chi connectivity index (χ3n) is 3.38. The molecule has 0 aromatic rings. The molecule has 1 spiro atoms. The summed E-state index contributed by atoms with van der Waals surface area (Å²) in [6.45, 7) is 1.13. The lowest BCUT2D eigenvalue weighted by Gasteiger charge is -2.39. The second-order valence-corrected chi connectivity index (χ2v) is 4.57. The molecule has 2 saturated heterocycles. The Balaban J connectivity index is 2.01. The van der Waals surface area contributed by atoms with Crippen molar-refractivity contribution in [2.24, 2.45) is 5.92 Å². The predicted molar refractivity (Wildman–Crippen MR) is 48.9 cm³/mol. The van der Waals surface area contributed by atoms with Gasteiger partial charge in [0, 0.05) is 19.6 Å². The van der Waals surface area contributed by atoms with E-state index >= 15 is 0 Å². The Bertz CT molecular complexity index is 248. The van der Waals surface area contributed by atoms with E-state index in [4.69, 9.17) is 9.47 Å². The van der Waals surface area contributed by atoms with E-state index < -0.39 is 23.8 Å². The van der Waals surface area contributed by atoms with Gasteiger partial charge in [-0.1, -0.05) is 0 Å². The van der Waals surface area contributed by atoms with Crippen LogP contribution in [-0.4, -0.2) is 42.8 Å². The van der Waals surface area contributed by atoms with Gasteiger partial charge in [-0.25, -0.2) is 0 Å². The molecule has 0 radical (unpaired) electrons. The zero-order valence-corrected chi connectivity index (χ0v) is 8.79. The maximum absolute atomic E-state index is 12.4.